The van der Waals surface area contributed by atoms with Gasteiger partial charge in [0.25, 0.3) is 5.91 Å². The Morgan fingerprint density at radius 3 is 2.60 bits per heavy atom. The summed E-state index contributed by atoms with van der Waals surface area (Å²) in [6.07, 6.45) is 0.667. The molecule has 0 aromatic heterocycles. The maximum Gasteiger partial charge on any atom is 0.253 e. The maximum absolute atomic E-state index is 12.4. The molecule has 1 unspecified atom stereocenters. The molecule has 0 aliphatic heterocycles. The molecule has 0 radical (unpaired) electrons. The van der Waals surface area contributed by atoms with Crippen molar-refractivity contribution in [2.75, 3.05) is 27.2 Å². The summed E-state index contributed by atoms with van der Waals surface area (Å²) in [6, 6.07) is 7.45. The average Bonchev–Trinajstić information content (AvgIpc) is 2.46. The van der Waals surface area contributed by atoms with Crippen molar-refractivity contribution >= 4 is 11.8 Å². The van der Waals surface area contributed by atoms with Crippen LogP contribution in [0.3, 0.4) is 0 Å². The molecule has 0 saturated carbocycles. The normalized spacial score (nSPS) is 11.8. The molecule has 0 bridgehead atoms. The summed E-state index contributed by atoms with van der Waals surface area (Å²) in [5, 5.41) is 2.59. The molecule has 3 N–H and O–H groups in total. The largest absolute Gasteiger partial charge is 0.359 e. The highest BCUT2D eigenvalue weighted by Crippen LogP contribution is 2.12. The molecule has 5 heteroatoms. The van der Waals surface area contributed by atoms with Gasteiger partial charge in [0.15, 0.2) is 0 Å². The molecule has 1 aromatic carbocycles. The highest BCUT2D eigenvalue weighted by atomic mass is 16.2. The van der Waals surface area contributed by atoms with E-state index in [1.54, 1.807) is 32.0 Å². The number of nitrogens with two attached hydrogens (primary N) is 1. The molecular weight excluding hydrogens is 254 g/mol. The van der Waals surface area contributed by atoms with Crippen LogP contribution in [-0.4, -0.2) is 43.9 Å². The lowest BCUT2D eigenvalue weighted by Gasteiger charge is -2.22. The van der Waals surface area contributed by atoms with Crippen LogP contribution in [0.4, 0.5) is 0 Å². The van der Waals surface area contributed by atoms with Crippen LogP contribution in [0.25, 0.3) is 0 Å². The van der Waals surface area contributed by atoms with Crippen molar-refractivity contribution in [2.24, 2.45) is 11.7 Å². The molecule has 20 heavy (non-hydrogen) atoms. The van der Waals surface area contributed by atoms with E-state index in [4.69, 9.17) is 5.73 Å². The minimum atomic E-state index is -0.240. The lowest BCUT2D eigenvalue weighted by atomic mass is 10.0. The Kier molecular flexibility index (Phi) is 6.18. The Balaban J connectivity index is 2.81. The van der Waals surface area contributed by atoms with Gasteiger partial charge in [-0.2, -0.15) is 0 Å². The first kappa shape index (κ1) is 16.2. The molecule has 0 heterocycles. The third-order valence-corrected chi connectivity index (χ3v) is 3.25. The number of hydrogen-bond acceptors (Lipinski definition) is 3. The maximum atomic E-state index is 12.4. The minimum Gasteiger partial charge on any atom is -0.359 e. The molecule has 1 aromatic rings. The van der Waals surface area contributed by atoms with Gasteiger partial charge in [-0.3, -0.25) is 9.59 Å². The van der Waals surface area contributed by atoms with E-state index < -0.39 is 0 Å². The molecular formula is C15H23N3O2. The number of rotatable bonds is 6. The van der Waals surface area contributed by atoms with Crippen LogP contribution >= 0.6 is 0 Å². The van der Waals surface area contributed by atoms with Gasteiger partial charge < -0.3 is 16.0 Å². The zero-order chi connectivity index (χ0) is 15.1. The average molecular weight is 277 g/mol. The van der Waals surface area contributed by atoms with Crippen LogP contribution < -0.4 is 11.1 Å². The Labute approximate surface area is 120 Å². The molecule has 1 rings (SSSR count). The van der Waals surface area contributed by atoms with E-state index >= 15 is 0 Å². The van der Waals surface area contributed by atoms with E-state index in [1.807, 2.05) is 18.2 Å². The van der Waals surface area contributed by atoms with Crippen LogP contribution in [0, 0.1) is 5.92 Å². The van der Waals surface area contributed by atoms with Gasteiger partial charge in [0.05, 0.1) is 5.92 Å². The topological polar surface area (TPSA) is 75.4 Å². The van der Waals surface area contributed by atoms with E-state index in [0.717, 1.165) is 5.56 Å². The number of nitrogens with zero attached hydrogens (tertiary/aromatic N) is 1. The minimum absolute atomic E-state index is 0.0695. The molecule has 2 amide bonds. The summed E-state index contributed by atoms with van der Waals surface area (Å²) < 4.78 is 0. The first-order chi connectivity index (χ1) is 9.51. The Morgan fingerprint density at radius 2 is 2.00 bits per heavy atom. The van der Waals surface area contributed by atoms with Crippen molar-refractivity contribution in [2.45, 2.75) is 13.3 Å². The Morgan fingerprint density at radius 1 is 1.35 bits per heavy atom. The summed E-state index contributed by atoms with van der Waals surface area (Å²) in [7, 11) is 3.30. The van der Waals surface area contributed by atoms with Gasteiger partial charge in [-0.05, 0) is 24.6 Å². The second kappa shape index (κ2) is 7.65. The van der Waals surface area contributed by atoms with Crippen LogP contribution in [0.2, 0.25) is 0 Å². The standard InChI is InChI=1S/C15H23N3O2/c1-11(14(19)17-2)10-18(3)15(20)13-7-5-4-6-12(13)8-9-16/h4-7,11H,8-10,16H2,1-3H3,(H,17,19). The Hall–Kier alpha value is -1.88. The lowest BCUT2D eigenvalue weighted by molar-refractivity contribution is -0.124. The number of amides is 2. The van der Waals surface area contributed by atoms with Crippen molar-refractivity contribution in [3.05, 3.63) is 35.4 Å². The number of carbonyl (C=O) groups excluding carboxylic acids is 2. The zero-order valence-electron chi connectivity index (χ0n) is 12.3. The second-order valence-electron chi connectivity index (χ2n) is 4.90. The fourth-order valence-electron chi connectivity index (χ4n) is 2.13. The first-order valence-corrected chi connectivity index (χ1v) is 6.76. The molecule has 0 fully saturated rings. The fourth-order valence-corrected chi connectivity index (χ4v) is 2.13. The predicted octanol–water partition coefficient (Wildman–Crippen LogP) is 0.642. The monoisotopic (exact) mass is 277 g/mol. The van der Waals surface area contributed by atoms with Crippen molar-refractivity contribution < 1.29 is 9.59 Å². The molecule has 0 aliphatic carbocycles. The van der Waals surface area contributed by atoms with Gasteiger partial charge in [0.2, 0.25) is 5.91 Å². The molecule has 0 spiro atoms. The quantitative estimate of drug-likeness (QED) is 0.801. The highest BCUT2D eigenvalue weighted by molar-refractivity contribution is 5.95. The van der Waals surface area contributed by atoms with E-state index in [1.165, 1.54) is 0 Å². The fraction of sp³-hybridized carbons (Fsp3) is 0.467. The van der Waals surface area contributed by atoms with Crippen molar-refractivity contribution in [1.82, 2.24) is 10.2 Å². The first-order valence-electron chi connectivity index (χ1n) is 6.76. The van der Waals surface area contributed by atoms with E-state index in [0.29, 0.717) is 25.1 Å². The molecule has 110 valence electrons. The van der Waals surface area contributed by atoms with E-state index in [2.05, 4.69) is 5.32 Å². The van der Waals surface area contributed by atoms with Crippen molar-refractivity contribution in [3.8, 4) is 0 Å². The van der Waals surface area contributed by atoms with Gasteiger partial charge in [-0.1, -0.05) is 25.1 Å². The highest BCUT2D eigenvalue weighted by Gasteiger charge is 2.19. The van der Waals surface area contributed by atoms with Gasteiger partial charge in [-0.25, -0.2) is 0 Å². The van der Waals surface area contributed by atoms with E-state index in [-0.39, 0.29) is 17.7 Å². The van der Waals surface area contributed by atoms with Crippen molar-refractivity contribution in [1.29, 1.82) is 0 Å². The number of nitrogens with one attached hydrogen (secondary N) is 1. The predicted molar refractivity (Wildman–Crippen MR) is 79.4 cm³/mol. The molecule has 0 saturated heterocycles. The van der Waals surface area contributed by atoms with Gasteiger partial charge >= 0.3 is 0 Å². The summed E-state index contributed by atoms with van der Waals surface area (Å²) in [4.78, 5) is 25.5. The molecule has 1 atom stereocenters. The summed E-state index contributed by atoms with van der Waals surface area (Å²) in [6.45, 7) is 2.69. The number of benzene rings is 1. The van der Waals surface area contributed by atoms with Gasteiger partial charge in [0.1, 0.15) is 0 Å². The third-order valence-electron chi connectivity index (χ3n) is 3.25. The van der Waals surface area contributed by atoms with E-state index in [9.17, 15) is 9.59 Å². The van der Waals surface area contributed by atoms with Crippen LogP contribution in [0.1, 0.15) is 22.8 Å². The SMILES string of the molecule is CNC(=O)C(C)CN(C)C(=O)c1ccccc1CCN. The van der Waals surface area contributed by atoms with Gasteiger partial charge in [0, 0.05) is 26.2 Å². The molecule has 5 nitrogen and oxygen atoms in total. The van der Waals surface area contributed by atoms with Crippen LogP contribution in [0.15, 0.2) is 24.3 Å². The second-order valence-corrected chi connectivity index (χ2v) is 4.90. The number of carbonyl (C=O) groups is 2. The van der Waals surface area contributed by atoms with Crippen LogP contribution in [0.5, 0.6) is 0 Å². The van der Waals surface area contributed by atoms with Crippen LogP contribution in [-0.2, 0) is 11.2 Å². The third kappa shape index (κ3) is 4.06. The number of hydrogen-bond donors (Lipinski definition) is 2. The zero-order valence-corrected chi connectivity index (χ0v) is 12.3. The summed E-state index contributed by atoms with van der Waals surface area (Å²) >= 11 is 0. The summed E-state index contributed by atoms with van der Waals surface area (Å²) in [5.74, 6) is -0.389. The summed E-state index contributed by atoms with van der Waals surface area (Å²) in [5.41, 5.74) is 7.17. The van der Waals surface area contributed by atoms with Crippen molar-refractivity contribution in [3.63, 3.8) is 0 Å². The molecule has 0 aliphatic rings. The lowest BCUT2D eigenvalue weighted by Crippen LogP contribution is -2.37. The van der Waals surface area contributed by atoms with Gasteiger partial charge in [-0.15, -0.1) is 0 Å². The Bertz CT molecular complexity index is 474. The smallest absolute Gasteiger partial charge is 0.253 e.